The number of carbonyl (C=O) groups excluding carboxylic acids is 1. The van der Waals surface area contributed by atoms with E-state index < -0.39 is 17.6 Å². The molecule has 1 saturated heterocycles. The summed E-state index contributed by atoms with van der Waals surface area (Å²) in [5, 5.41) is 13.9. The first-order chi connectivity index (χ1) is 21.2. The summed E-state index contributed by atoms with van der Waals surface area (Å²) in [5.41, 5.74) is 4.15. The lowest BCUT2D eigenvalue weighted by Gasteiger charge is -2.22. The number of imidazole rings is 1. The van der Waals surface area contributed by atoms with Crippen LogP contribution in [-0.2, 0) is 6.18 Å². The zero-order valence-electron chi connectivity index (χ0n) is 24.2. The van der Waals surface area contributed by atoms with Crippen LogP contribution in [0, 0.1) is 25.7 Å². The summed E-state index contributed by atoms with van der Waals surface area (Å²) in [7, 11) is 0. The second kappa shape index (κ2) is 11.9. The van der Waals surface area contributed by atoms with Crippen molar-refractivity contribution in [2.75, 3.05) is 23.7 Å². The Morgan fingerprint density at radius 3 is 2.59 bits per heavy atom. The van der Waals surface area contributed by atoms with E-state index in [1.165, 1.54) is 19.1 Å². The average molecular weight is 598 g/mol. The summed E-state index contributed by atoms with van der Waals surface area (Å²) in [6, 6.07) is 13.0. The molecule has 0 saturated carbocycles. The molecule has 1 fully saturated rings. The molecule has 2 aromatic carbocycles. The van der Waals surface area contributed by atoms with Crippen LogP contribution in [0.1, 0.15) is 57.2 Å². The Kier molecular flexibility index (Phi) is 7.84. The van der Waals surface area contributed by atoms with Gasteiger partial charge in [-0.25, -0.2) is 4.98 Å². The number of piperidine rings is 1. The highest BCUT2D eigenvalue weighted by molar-refractivity contribution is 6.04. The quantitative estimate of drug-likeness (QED) is 0.202. The van der Waals surface area contributed by atoms with Crippen molar-refractivity contribution in [1.82, 2.24) is 24.5 Å². The molecular weight excluding hydrogens is 567 g/mol. The van der Waals surface area contributed by atoms with Gasteiger partial charge < -0.3 is 16.0 Å². The molecule has 5 aromatic rings. The average Bonchev–Trinajstić information content (AvgIpc) is 3.65. The number of hydrogen-bond donors (Lipinski definition) is 3. The molecule has 8 nitrogen and oxygen atoms in total. The van der Waals surface area contributed by atoms with E-state index in [2.05, 4.69) is 37.9 Å². The molecule has 0 spiro atoms. The summed E-state index contributed by atoms with van der Waals surface area (Å²) < 4.78 is 43.9. The number of aromatic nitrogens is 4. The maximum atomic E-state index is 13.3. The molecule has 44 heavy (non-hydrogen) atoms. The minimum atomic E-state index is -4.51. The molecular formula is C33H30F3N7O. The number of alkyl halides is 3. The fourth-order valence-corrected chi connectivity index (χ4v) is 5.27. The predicted octanol–water partition coefficient (Wildman–Crippen LogP) is 6.49. The number of pyridine rings is 1. The van der Waals surface area contributed by atoms with Crippen LogP contribution in [0.3, 0.4) is 0 Å². The zero-order valence-corrected chi connectivity index (χ0v) is 24.2. The lowest BCUT2D eigenvalue weighted by molar-refractivity contribution is -0.138. The van der Waals surface area contributed by atoms with Crippen molar-refractivity contribution in [2.45, 2.75) is 38.9 Å². The molecule has 1 aliphatic rings. The van der Waals surface area contributed by atoms with Gasteiger partial charge in [-0.2, -0.15) is 18.3 Å². The zero-order chi connectivity index (χ0) is 30.8. The summed E-state index contributed by atoms with van der Waals surface area (Å²) >= 11 is 0. The van der Waals surface area contributed by atoms with E-state index in [4.69, 9.17) is 0 Å². The van der Waals surface area contributed by atoms with Gasteiger partial charge in [-0.1, -0.05) is 18.1 Å². The van der Waals surface area contributed by atoms with Gasteiger partial charge in [0, 0.05) is 29.2 Å². The SMILES string of the molecule is Cc1ccc(C(=O)Nc2ccc(C)c(C(F)(F)F)c2)cc1C#Cc1cnc2c(Nc3cnn(C4CCNCC4)c3)cccn12. The first kappa shape index (κ1) is 29.0. The molecule has 0 unspecified atom stereocenters. The van der Waals surface area contributed by atoms with E-state index in [0.717, 1.165) is 48.9 Å². The van der Waals surface area contributed by atoms with Crippen LogP contribution in [0.2, 0.25) is 0 Å². The Balaban J connectivity index is 1.21. The first-order valence-corrected chi connectivity index (χ1v) is 14.3. The van der Waals surface area contributed by atoms with E-state index in [-0.39, 0.29) is 16.8 Å². The number of halogens is 3. The van der Waals surface area contributed by atoms with E-state index in [9.17, 15) is 18.0 Å². The predicted molar refractivity (Wildman–Crippen MR) is 163 cm³/mol. The highest BCUT2D eigenvalue weighted by atomic mass is 19.4. The molecule has 6 rings (SSSR count). The van der Waals surface area contributed by atoms with Gasteiger partial charge in [0.2, 0.25) is 0 Å². The van der Waals surface area contributed by atoms with Crippen LogP contribution in [0.5, 0.6) is 0 Å². The fourth-order valence-electron chi connectivity index (χ4n) is 5.27. The minimum Gasteiger partial charge on any atom is -0.350 e. The maximum Gasteiger partial charge on any atom is 0.416 e. The Morgan fingerprint density at radius 2 is 1.80 bits per heavy atom. The molecule has 0 radical (unpaired) electrons. The Morgan fingerprint density at radius 1 is 1.00 bits per heavy atom. The number of aryl methyl sites for hydroxylation is 2. The Labute approximate surface area is 252 Å². The van der Waals surface area contributed by atoms with E-state index in [1.807, 2.05) is 46.7 Å². The van der Waals surface area contributed by atoms with Gasteiger partial charge >= 0.3 is 6.18 Å². The van der Waals surface area contributed by atoms with E-state index in [0.29, 0.717) is 22.9 Å². The fraction of sp³-hybridized carbons (Fsp3) is 0.242. The molecule has 1 amide bonds. The van der Waals surface area contributed by atoms with Gasteiger partial charge in [0.1, 0.15) is 5.69 Å². The van der Waals surface area contributed by atoms with Gasteiger partial charge in [-0.15, -0.1) is 0 Å². The highest BCUT2D eigenvalue weighted by Crippen LogP contribution is 2.33. The van der Waals surface area contributed by atoms with Crippen LogP contribution in [-0.4, -0.2) is 38.2 Å². The number of anilines is 3. The third-order valence-electron chi connectivity index (χ3n) is 7.72. The van der Waals surface area contributed by atoms with Crippen LogP contribution in [0.15, 0.2) is 73.3 Å². The number of benzene rings is 2. The topological polar surface area (TPSA) is 88.3 Å². The van der Waals surface area contributed by atoms with E-state index in [1.54, 1.807) is 24.4 Å². The van der Waals surface area contributed by atoms with Gasteiger partial charge in [-0.3, -0.25) is 13.9 Å². The number of nitrogens with one attached hydrogen (secondary N) is 3. The van der Waals surface area contributed by atoms with Crippen molar-refractivity contribution in [1.29, 1.82) is 0 Å². The first-order valence-electron chi connectivity index (χ1n) is 14.3. The summed E-state index contributed by atoms with van der Waals surface area (Å²) in [5.74, 6) is 5.76. The second-order valence-electron chi connectivity index (χ2n) is 10.8. The lowest BCUT2D eigenvalue weighted by Crippen LogP contribution is -2.29. The number of fused-ring (bicyclic) bond motifs is 1. The Hall–Kier alpha value is -5.08. The molecule has 1 aliphatic heterocycles. The van der Waals surface area contributed by atoms with Crippen LogP contribution in [0.25, 0.3) is 5.65 Å². The molecule has 3 N–H and O–H groups in total. The number of hydrogen-bond acceptors (Lipinski definition) is 5. The number of rotatable bonds is 5. The summed E-state index contributed by atoms with van der Waals surface area (Å²) in [6.07, 6.45) is 4.97. The third-order valence-corrected chi connectivity index (χ3v) is 7.72. The van der Waals surface area contributed by atoms with Crippen LogP contribution >= 0.6 is 0 Å². The summed E-state index contributed by atoms with van der Waals surface area (Å²) in [4.78, 5) is 17.5. The maximum absolute atomic E-state index is 13.3. The molecule has 0 bridgehead atoms. The lowest BCUT2D eigenvalue weighted by atomic mass is 10.0. The van der Waals surface area contributed by atoms with Gasteiger partial charge in [-0.05, 0) is 93.2 Å². The molecule has 3 aromatic heterocycles. The standard InChI is InChI=1S/C33H30F3N7O/c1-21-5-7-24(32(44)41-25-9-6-22(2)29(17-25)33(34,35)36)16-23(21)8-10-28-19-38-31-30(4-3-15-42(28)31)40-26-18-39-43(20-26)27-11-13-37-14-12-27/h3-7,9,15-20,27,37,40H,11-14H2,1-2H3,(H,41,44). The largest absolute Gasteiger partial charge is 0.416 e. The molecule has 0 aliphatic carbocycles. The molecule has 0 atom stereocenters. The van der Waals surface area contributed by atoms with Crippen molar-refractivity contribution in [3.05, 3.63) is 107 Å². The second-order valence-corrected chi connectivity index (χ2v) is 10.8. The van der Waals surface area contributed by atoms with Gasteiger partial charge in [0.05, 0.1) is 35.4 Å². The normalized spacial score (nSPS) is 13.8. The Bertz CT molecular complexity index is 1910. The van der Waals surface area contributed by atoms with Crippen LogP contribution in [0.4, 0.5) is 30.2 Å². The molecule has 4 heterocycles. The van der Waals surface area contributed by atoms with Crippen molar-refractivity contribution in [2.24, 2.45) is 0 Å². The summed E-state index contributed by atoms with van der Waals surface area (Å²) in [6.45, 7) is 5.23. The third kappa shape index (κ3) is 6.16. The molecule has 224 valence electrons. The minimum absolute atomic E-state index is 0.0647. The number of nitrogens with zero attached hydrogens (tertiary/aromatic N) is 4. The van der Waals surface area contributed by atoms with Crippen molar-refractivity contribution >= 4 is 28.6 Å². The van der Waals surface area contributed by atoms with Gasteiger partial charge in [0.25, 0.3) is 5.91 Å². The van der Waals surface area contributed by atoms with Crippen LogP contribution < -0.4 is 16.0 Å². The van der Waals surface area contributed by atoms with E-state index >= 15 is 0 Å². The smallest absolute Gasteiger partial charge is 0.350 e. The van der Waals surface area contributed by atoms with Crippen molar-refractivity contribution < 1.29 is 18.0 Å². The molecule has 11 heteroatoms. The van der Waals surface area contributed by atoms with Gasteiger partial charge in [0.15, 0.2) is 5.65 Å². The monoisotopic (exact) mass is 597 g/mol. The van der Waals surface area contributed by atoms with Crippen molar-refractivity contribution in [3.63, 3.8) is 0 Å². The number of amides is 1. The number of carbonyl (C=O) groups is 1. The van der Waals surface area contributed by atoms with Crippen molar-refractivity contribution in [3.8, 4) is 11.8 Å². The highest BCUT2D eigenvalue weighted by Gasteiger charge is 2.32.